The molecule has 1 unspecified atom stereocenters. The first-order chi connectivity index (χ1) is 8.65. The van der Waals surface area contributed by atoms with Gasteiger partial charge in [-0.1, -0.05) is 29.5 Å². The molecule has 4 heteroatoms. The van der Waals surface area contributed by atoms with Crippen molar-refractivity contribution in [2.75, 3.05) is 5.94 Å². The second-order valence-electron chi connectivity index (χ2n) is 4.52. The molecule has 1 fully saturated rings. The van der Waals surface area contributed by atoms with Gasteiger partial charge in [0.1, 0.15) is 11.7 Å². The molecule has 1 aromatic carbocycles. The fourth-order valence-electron chi connectivity index (χ4n) is 1.92. The number of esters is 1. The van der Waals surface area contributed by atoms with Crippen LogP contribution in [0.5, 0.6) is 0 Å². The summed E-state index contributed by atoms with van der Waals surface area (Å²) in [4.78, 5) is 23.8. The van der Waals surface area contributed by atoms with Crippen molar-refractivity contribution < 1.29 is 14.3 Å². The van der Waals surface area contributed by atoms with Gasteiger partial charge in [-0.25, -0.2) is 0 Å². The molecule has 0 aliphatic heterocycles. The highest BCUT2D eigenvalue weighted by molar-refractivity contribution is 7.99. The molecule has 0 spiro atoms. The van der Waals surface area contributed by atoms with Gasteiger partial charge in [-0.15, -0.1) is 0 Å². The van der Waals surface area contributed by atoms with Crippen LogP contribution in [-0.4, -0.2) is 17.7 Å². The van der Waals surface area contributed by atoms with Gasteiger partial charge in [0.15, 0.2) is 0 Å². The summed E-state index contributed by atoms with van der Waals surface area (Å²) in [5, 5.41) is 0. The molecule has 1 aromatic rings. The third kappa shape index (κ3) is 3.60. The smallest absolute Gasteiger partial charge is 0.310 e. The van der Waals surface area contributed by atoms with Crippen molar-refractivity contribution in [1.82, 2.24) is 0 Å². The lowest BCUT2D eigenvalue weighted by Crippen LogP contribution is -2.14. The quantitative estimate of drug-likeness (QED) is 0.476. The van der Waals surface area contributed by atoms with Crippen molar-refractivity contribution in [2.24, 2.45) is 5.92 Å². The number of aryl methyl sites for hydroxylation is 1. The summed E-state index contributed by atoms with van der Waals surface area (Å²) in [6.07, 6.45) is 1.52. The van der Waals surface area contributed by atoms with E-state index in [4.69, 9.17) is 4.74 Å². The van der Waals surface area contributed by atoms with Gasteiger partial charge in [0.05, 0.1) is 5.92 Å². The highest BCUT2D eigenvalue weighted by Gasteiger charge is 2.29. The van der Waals surface area contributed by atoms with E-state index in [0.717, 1.165) is 4.90 Å². The molecule has 0 heterocycles. The molecule has 0 aromatic heterocycles. The molecule has 3 nitrogen and oxygen atoms in total. The minimum atomic E-state index is -0.236. The number of hydrogen-bond acceptors (Lipinski definition) is 4. The Morgan fingerprint density at radius 3 is 2.72 bits per heavy atom. The Hall–Kier alpha value is -1.29. The standard InChI is InChI=1S/C14H16O3S/c1-10-2-6-13(7-3-10)18-9-17-14(16)11-4-5-12(15)8-11/h2-3,6-7,11H,4-5,8-9H2,1H3. The first kappa shape index (κ1) is 13.1. The molecular weight excluding hydrogens is 248 g/mol. The Morgan fingerprint density at radius 2 is 2.11 bits per heavy atom. The number of thioether (sulfide) groups is 1. The number of ketones is 1. The monoisotopic (exact) mass is 264 g/mol. The summed E-state index contributed by atoms with van der Waals surface area (Å²) in [6, 6.07) is 8.07. The van der Waals surface area contributed by atoms with Crippen LogP contribution in [0.15, 0.2) is 29.2 Å². The maximum atomic E-state index is 11.6. The second-order valence-corrected chi connectivity index (χ2v) is 5.51. The third-order valence-electron chi connectivity index (χ3n) is 3.03. The Balaban J connectivity index is 1.73. The van der Waals surface area contributed by atoms with Crippen molar-refractivity contribution >= 4 is 23.5 Å². The van der Waals surface area contributed by atoms with Crippen LogP contribution in [0.4, 0.5) is 0 Å². The minimum absolute atomic E-state index is 0.170. The SMILES string of the molecule is Cc1ccc(SCOC(=O)C2CCC(=O)C2)cc1. The highest BCUT2D eigenvalue weighted by Crippen LogP contribution is 2.24. The summed E-state index contributed by atoms with van der Waals surface area (Å²) in [5.41, 5.74) is 1.21. The molecular formula is C14H16O3S. The first-order valence-corrected chi connectivity index (χ1v) is 7.01. The lowest BCUT2D eigenvalue weighted by atomic mass is 10.1. The van der Waals surface area contributed by atoms with E-state index in [2.05, 4.69) is 0 Å². The fraction of sp³-hybridized carbons (Fsp3) is 0.429. The van der Waals surface area contributed by atoms with E-state index in [0.29, 0.717) is 25.2 Å². The van der Waals surface area contributed by atoms with E-state index >= 15 is 0 Å². The molecule has 0 bridgehead atoms. The Morgan fingerprint density at radius 1 is 1.39 bits per heavy atom. The largest absolute Gasteiger partial charge is 0.454 e. The van der Waals surface area contributed by atoms with Crippen LogP contribution >= 0.6 is 11.8 Å². The third-order valence-corrected chi connectivity index (χ3v) is 3.87. The average molecular weight is 264 g/mol. The molecule has 18 heavy (non-hydrogen) atoms. The number of benzene rings is 1. The van der Waals surface area contributed by atoms with Crippen molar-refractivity contribution in [3.63, 3.8) is 0 Å². The van der Waals surface area contributed by atoms with Crippen LogP contribution in [0, 0.1) is 12.8 Å². The van der Waals surface area contributed by atoms with Gasteiger partial charge in [0.25, 0.3) is 0 Å². The molecule has 0 N–H and O–H groups in total. The number of hydrogen-bond donors (Lipinski definition) is 0. The van der Waals surface area contributed by atoms with Gasteiger partial charge in [-0.2, -0.15) is 0 Å². The highest BCUT2D eigenvalue weighted by atomic mass is 32.2. The minimum Gasteiger partial charge on any atom is -0.454 e. The van der Waals surface area contributed by atoms with Crippen molar-refractivity contribution in [3.8, 4) is 0 Å². The summed E-state index contributed by atoms with van der Waals surface area (Å²) in [7, 11) is 0. The maximum Gasteiger partial charge on any atom is 0.310 e. The number of carbonyl (C=O) groups excluding carboxylic acids is 2. The van der Waals surface area contributed by atoms with Gasteiger partial charge in [0.2, 0.25) is 0 Å². The Kier molecular flexibility index (Phi) is 4.42. The topological polar surface area (TPSA) is 43.4 Å². The summed E-state index contributed by atoms with van der Waals surface area (Å²) < 4.78 is 5.18. The first-order valence-electron chi connectivity index (χ1n) is 6.03. The predicted octanol–water partition coefficient (Wildman–Crippen LogP) is 2.96. The van der Waals surface area contributed by atoms with Gasteiger partial charge in [-0.05, 0) is 25.5 Å². The van der Waals surface area contributed by atoms with Crippen LogP contribution < -0.4 is 0 Å². The summed E-state index contributed by atoms with van der Waals surface area (Å²) >= 11 is 1.49. The Bertz CT molecular complexity index is 439. The van der Waals surface area contributed by atoms with Gasteiger partial charge in [0, 0.05) is 17.7 Å². The molecule has 1 atom stereocenters. The molecule has 2 rings (SSSR count). The van der Waals surface area contributed by atoms with Crippen LogP contribution in [0.3, 0.4) is 0 Å². The number of carbonyl (C=O) groups is 2. The number of Topliss-reactive ketones (excluding diaryl/α,β-unsaturated/α-hetero) is 1. The summed E-state index contributed by atoms with van der Waals surface area (Å²) in [6.45, 7) is 2.03. The van der Waals surface area contributed by atoms with Gasteiger partial charge >= 0.3 is 5.97 Å². The predicted molar refractivity (Wildman–Crippen MR) is 70.3 cm³/mol. The van der Waals surface area contributed by atoms with E-state index in [9.17, 15) is 9.59 Å². The molecule has 1 aliphatic carbocycles. The normalized spacial score (nSPS) is 18.9. The van der Waals surface area contributed by atoms with E-state index in [-0.39, 0.29) is 17.7 Å². The Labute approximate surface area is 111 Å². The van der Waals surface area contributed by atoms with Crippen molar-refractivity contribution in [3.05, 3.63) is 29.8 Å². The van der Waals surface area contributed by atoms with E-state index in [1.54, 1.807) is 0 Å². The van der Waals surface area contributed by atoms with E-state index in [1.165, 1.54) is 17.3 Å². The van der Waals surface area contributed by atoms with Crippen molar-refractivity contribution in [2.45, 2.75) is 31.1 Å². The lowest BCUT2D eigenvalue weighted by Gasteiger charge is -2.08. The van der Waals surface area contributed by atoms with Gasteiger partial charge < -0.3 is 4.74 Å². The maximum absolute atomic E-state index is 11.6. The van der Waals surface area contributed by atoms with Crippen LogP contribution in [0.1, 0.15) is 24.8 Å². The number of rotatable bonds is 4. The van der Waals surface area contributed by atoms with Crippen LogP contribution in [-0.2, 0) is 14.3 Å². The zero-order chi connectivity index (χ0) is 13.0. The molecule has 0 amide bonds. The van der Waals surface area contributed by atoms with Gasteiger partial charge in [-0.3, -0.25) is 9.59 Å². The van der Waals surface area contributed by atoms with E-state index in [1.807, 2.05) is 31.2 Å². The molecule has 1 saturated carbocycles. The molecule has 96 valence electrons. The zero-order valence-corrected chi connectivity index (χ0v) is 11.2. The molecule has 0 radical (unpaired) electrons. The second kappa shape index (κ2) is 6.05. The summed E-state index contributed by atoms with van der Waals surface area (Å²) in [5.74, 6) is 0.0340. The van der Waals surface area contributed by atoms with E-state index < -0.39 is 0 Å². The lowest BCUT2D eigenvalue weighted by molar-refractivity contribution is -0.146. The van der Waals surface area contributed by atoms with Crippen LogP contribution in [0.2, 0.25) is 0 Å². The fourth-order valence-corrected chi connectivity index (χ4v) is 2.56. The molecule has 0 saturated heterocycles. The average Bonchev–Trinajstić information content (AvgIpc) is 2.78. The zero-order valence-electron chi connectivity index (χ0n) is 10.3. The molecule has 1 aliphatic rings. The number of ether oxygens (including phenoxy) is 1. The van der Waals surface area contributed by atoms with Crippen molar-refractivity contribution in [1.29, 1.82) is 0 Å². The van der Waals surface area contributed by atoms with Crippen LogP contribution in [0.25, 0.3) is 0 Å².